The fourth-order valence-corrected chi connectivity index (χ4v) is 7.55. The molecule has 0 unspecified atom stereocenters. The summed E-state index contributed by atoms with van der Waals surface area (Å²) in [5.74, 6) is 2.90. The number of carbonyl (C=O) groups is 1. The second-order valence-electron chi connectivity index (χ2n) is 9.94. The van der Waals surface area contributed by atoms with Gasteiger partial charge in [0.1, 0.15) is 0 Å². The Hall–Kier alpha value is -1.05. The Labute approximate surface area is 152 Å². The molecule has 5 rings (SSSR count). The molecular formula is C23H33NO. The van der Waals surface area contributed by atoms with Gasteiger partial charge in [-0.25, -0.2) is 0 Å². The average molecular weight is 340 g/mol. The molecule has 0 aromatic rings. The second-order valence-corrected chi connectivity index (χ2v) is 9.94. The van der Waals surface area contributed by atoms with Crippen molar-refractivity contribution < 1.29 is 4.79 Å². The van der Waals surface area contributed by atoms with Gasteiger partial charge in [-0.3, -0.25) is 4.79 Å². The number of ketones is 1. The van der Waals surface area contributed by atoms with E-state index in [1.807, 2.05) is 6.08 Å². The Balaban J connectivity index is 1.44. The van der Waals surface area contributed by atoms with Crippen LogP contribution in [0.3, 0.4) is 0 Å². The highest BCUT2D eigenvalue weighted by atomic mass is 16.1. The summed E-state index contributed by atoms with van der Waals surface area (Å²) in [5.41, 5.74) is 3.94. The van der Waals surface area contributed by atoms with Crippen LogP contribution in [0, 0.1) is 28.6 Å². The van der Waals surface area contributed by atoms with Gasteiger partial charge >= 0.3 is 0 Å². The smallest absolute Gasteiger partial charge is 0.155 e. The number of carbonyl (C=O) groups excluding carboxylic acids is 1. The van der Waals surface area contributed by atoms with Gasteiger partial charge < -0.3 is 4.90 Å². The molecule has 0 aromatic carbocycles. The van der Waals surface area contributed by atoms with E-state index in [2.05, 4.69) is 24.8 Å². The predicted molar refractivity (Wildman–Crippen MR) is 101 cm³/mol. The van der Waals surface area contributed by atoms with Crippen LogP contribution < -0.4 is 0 Å². The van der Waals surface area contributed by atoms with Gasteiger partial charge in [-0.05, 0) is 80.6 Å². The summed E-state index contributed by atoms with van der Waals surface area (Å²) >= 11 is 0. The highest BCUT2D eigenvalue weighted by molar-refractivity contribution is 5.91. The maximum absolute atomic E-state index is 12.0. The Bertz CT molecular complexity index is 655. The van der Waals surface area contributed by atoms with Crippen molar-refractivity contribution in [1.29, 1.82) is 0 Å². The fourth-order valence-electron chi connectivity index (χ4n) is 7.55. The lowest BCUT2D eigenvalue weighted by Crippen LogP contribution is -2.51. The first kappa shape index (κ1) is 16.1. The van der Waals surface area contributed by atoms with Gasteiger partial charge in [0.05, 0.1) is 0 Å². The van der Waals surface area contributed by atoms with Crippen LogP contribution >= 0.6 is 0 Å². The maximum atomic E-state index is 12.0. The molecule has 2 saturated carbocycles. The molecule has 25 heavy (non-hydrogen) atoms. The SMILES string of the molecule is C[C@]12CCC(=O)C=C1CC[C@@H]1[C@@H]2CC[C@]2(C)C(N3CCCC3)=CC[C@@H]12. The molecule has 0 N–H and O–H groups in total. The summed E-state index contributed by atoms with van der Waals surface area (Å²) < 4.78 is 0. The van der Waals surface area contributed by atoms with Crippen molar-refractivity contribution in [1.82, 2.24) is 4.90 Å². The summed E-state index contributed by atoms with van der Waals surface area (Å²) in [4.78, 5) is 14.7. The molecule has 1 saturated heterocycles. The van der Waals surface area contributed by atoms with E-state index < -0.39 is 0 Å². The number of rotatable bonds is 1. The van der Waals surface area contributed by atoms with Crippen LogP contribution in [0.2, 0.25) is 0 Å². The van der Waals surface area contributed by atoms with Crippen LogP contribution in [0.1, 0.15) is 71.6 Å². The Morgan fingerprint density at radius 2 is 1.80 bits per heavy atom. The molecule has 5 aliphatic rings. The van der Waals surface area contributed by atoms with E-state index in [0.29, 0.717) is 16.6 Å². The molecule has 4 aliphatic carbocycles. The van der Waals surface area contributed by atoms with Gasteiger partial charge in [-0.1, -0.05) is 25.5 Å². The van der Waals surface area contributed by atoms with Crippen LogP contribution in [-0.2, 0) is 4.79 Å². The zero-order chi connectivity index (χ0) is 17.2. The minimum atomic E-state index is 0.314. The third kappa shape index (κ3) is 2.18. The Morgan fingerprint density at radius 3 is 2.60 bits per heavy atom. The summed E-state index contributed by atoms with van der Waals surface area (Å²) in [5, 5.41) is 0. The van der Waals surface area contributed by atoms with Gasteiger partial charge in [0, 0.05) is 30.6 Å². The summed E-state index contributed by atoms with van der Waals surface area (Å²) in [6, 6.07) is 0. The minimum Gasteiger partial charge on any atom is -0.375 e. The summed E-state index contributed by atoms with van der Waals surface area (Å²) in [6.45, 7) is 7.65. The first-order chi connectivity index (χ1) is 12.0. The molecule has 0 amide bonds. The molecule has 0 radical (unpaired) electrons. The van der Waals surface area contributed by atoms with Crippen LogP contribution in [0.5, 0.6) is 0 Å². The van der Waals surface area contributed by atoms with Crippen LogP contribution in [0.25, 0.3) is 0 Å². The van der Waals surface area contributed by atoms with E-state index in [-0.39, 0.29) is 0 Å². The van der Waals surface area contributed by atoms with Crippen molar-refractivity contribution in [2.75, 3.05) is 13.1 Å². The van der Waals surface area contributed by atoms with Gasteiger partial charge in [0.25, 0.3) is 0 Å². The molecule has 2 nitrogen and oxygen atoms in total. The average Bonchev–Trinajstić information content (AvgIpc) is 3.22. The number of hydrogen-bond donors (Lipinski definition) is 0. The Morgan fingerprint density at radius 1 is 1.00 bits per heavy atom. The number of hydrogen-bond acceptors (Lipinski definition) is 2. The molecule has 136 valence electrons. The zero-order valence-electron chi connectivity index (χ0n) is 16.0. The first-order valence-electron chi connectivity index (χ1n) is 10.7. The highest BCUT2D eigenvalue weighted by Crippen LogP contribution is 2.65. The van der Waals surface area contributed by atoms with Crippen molar-refractivity contribution >= 4 is 5.78 Å². The van der Waals surface area contributed by atoms with Crippen LogP contribution in [-0.4, -0.2) is 23.8 Å². The van der Waals surface area contributed by atoms with Crippen LogP contribution in [0.15, 0.2) is 23.4 Å². The molecule has 1 heterocycles. The molecule has 1 aliphatic heterocycles. The van der Waals surface area contributed by atoms with E-state index in [1.54, 1.807) is 5.70 Å². The van der Waals surface area contributed by atoms with Gasteiger partial charge in [-0.2, -0.15) is 0 Å². The standard InChI is InChI=1S/C23H33NO/c1-22-11-9-17(25)15-16(22)5-6-18-19-7-8-21(24-13-3-4-14-24)23(19,2)12-10-20(18)22/h8,15,18-20H,3-7,9-14H2,1-2H3/t18-,19-,20-,22-,23-/m0/s1. The highest BCUT2D eigenvalue weighted by Gasteiger charge is 2.57. The number of fused-ring (bicyclic) bond motifs is 5. The van der Waals surface area contributed by atoms with Crippen molar-refractivity contribution in [3.05, 3.63) is 23.4 Å². The minimum absolute atomic E-state index is 0.314. The largest absolute Gasteiger partial charge is 0.375 e. The van der Waals surface area contributed by atoms with E-state index >= 15 is 0 Å². The van der Waals surface area contributed by atoms with Crippen LogP contribution in [0.4, 0.5) is 0 Å². The van der Waals surface area contributed by atoms with E-state index in [1.165, 1.54) is 63.6 Å². The number of likely N-dealkylation sites (tertiary alicyclic amines) is 1. The third-order valence-electron chi connectivity index (χ3n) is 8.95. The molecule has 0 bridgehead atoms. The zero-order valence-corrected chi connectivity index (χ0v) is 16.0. The molecule has 3 fully saturated rings. The molecule has 0 aromatic heterocycles. The van der Waals surface area contributed by atoms with Gasteiger partial charge in [0.2, 0.25) is 0 Å². The van der Waals surface area contributed by atoms with Crippen molar-refractivity contribution in [2.24, 2.45) is 28.6 Å². The molecular weight excluding hydrogens is 306 g/mol. The predicted octanol–water partition coefficient (Wildman–Crippen LogP) is 5.11. The monoisotopic (exact) mass is 339 g/mol. The summed E-state index contributed by atoms with van der Waals surface area (Å²) in [6.07, 6.45) is 15.8. The first-order valence-corrected chi connectivity index (χ1v) is 10.7. The molecule has 2 heteroatoms. The fraction of sp³-hybridized carbons (Fsp3) is 0.783. The lowest BCUT2D eigenvalue weighted by molar-refractivity contribution is -0.117. The van der Waals surface area contributed by atoms with E-state index in [9.17, 15) is 4.79 Å². The number of nitrogens with zero attached hydrogens (tertiary/aromatic N) is 1. The van der Waals surface area contributed by atoms with Gasteiger partial charge in [-0.15, -0.1) is 0 Å². The number of allylic oxidation sites excluding steroid dienone is 4. The molecule has 0 spiro atoms. The summed E-state index contributed by atoms with van der Waals surface area (Å²) in [7, 11) is 0. The normalized spacial score (nSPS) is 46.2. The van der Waals surface area contributed by atoms with Crippen molar-refractivity contribution in [3.8, 4) is 0 Å². The maximum Gasteiger partial charge on any atom is 0.155 e. The lowest BCUT2D eigenvalue weighted by Gasteiger charge is -2.58. The second kappa shape index (κ2) is 5.47. The third-order valence-corrected chi connectivity index (χ3v) is 8.95. The van der Waals surface area contributed by atoms with Crippen molar-refractivity contribution in [2.45, 2.75) is 71.6 Å². The van der Waals surface area contributed by atoms with E-state index in [0.717, 1.165) is 30.6 Å². The molecule has 5 atom stereocenters. The lowest BCUT2D eigenvalue weighted by atomic mass is 9.47. The van der Waals surface area contributed by atoms with E-state index in [4.69, 9.17) is 0 Å². The topological polar surface area (TPSA) is 20.3 Å². The Kier molecular flexibility index (Phi) is 3.53. The van der Waals surface area contributed by atoms with Crippen molar-refractivity contribution in [3.63, 3.8) is 0 Å². The van der Waals surface area contributed by atoms with Gasteiger partial charge in [0.15, 0.2) is 5.78 Å². The quantitative estimate of drug-likeness (QED) is 0.662.